The molecule has 0 saturated carbocycles. The van der Waals surface area contributed by atoms with E-state index in [0.29, 0.717) is 23.9 Å². The molecule has 126 valence electrons. The van der Waals surface area contributed by atoms with Gasteiger partial charge in [-0.1, -0.05) is 23.7 Å². The van der Waals surface area contributed by atoms with Crippen molar-refractivity contribution in [2.24, 2.45) is 5.92 Å². The summed E-state index contributed by atoms with van der Waals surface area (Å²) in [7, 11) is 0. The van der Waals surface area contributed by atoms with Gasteiger partial charge in [-0.2, -0.15) is 0 Å². The number of H-pyrrole nitrogens is 1. The molecule has 25 heavy (non-hydrogen) atoms. The minimum absolute atomic E-state index is 0.212. The van der Waals surface area contributed by atoms with E-state index < -0.39 is 5.92 Å². The fourth-order valence-corrected chi connectivity index (χ4v) is 3.14. The van der Waals surface area contributed by atoms with Crippen LogP contribution in [0.1, 0.15) is 6.42 Å². The molecule has 3 aromatic rings. The molecule has 7 heteroatoms. The first kappa shape index (κ1) is 15.7. The lowest BCUT2D eigenvalue weighted by Gasteiger charge is -2.16. The van der Waals surface area contributed by atoms with E-state index in [-0.39, 0.29) is 11.8 Å². The molecule has 0 radical (unpaired) electrons. The van der Waals surface area contributed by atoms with E-state index in [0.717, 1.165) is 16.7 Å². The molecule has 1 aliphatic rings. The first-order chi connectivity index (χ1) is 12.1. The molecule has 0 aliphatic carbocycles. The Morgan fingerprint density at radius 1 is 1.20 bits per heavy atom. The van der Waals surface area contributed by atoms with Gasteiger partial charge in [0.25, 0.3) is 0 Å². The number of fused-ring (bicyclic) bond motifs is 1. The van der Waals surface area contributed by atoms with Crippen molar-refractivity contribution in [1.82, 2.24) is 9.97 Å². The van der Waals surface area contributed by atoms with Crippen molar-refractivity contribution in [2.45, 2.75) is 6.42 Å². The highest BCUT2D eigenvalue weighted by Gasteiger charge is 2.37. The van der Waals surface area contributed by atoms with Gasteiger partial charge in [0.1, 0.15) is 5.92 Å². The fraction of sp³-hybridized carbons (Fsp3) is 0.167. The van der Waals surface area contributed by atoms with Crippen LogP contribution in [0.5, 0.6) is 0 Å². The smallest absolute Gasteiger partial charge is 0.239 e. The number of aromatic nitrogens is 2. The van der Waals surface area contributed by atoms with Crippen molar-refractivity contribution in [2.75, 3.05) is 16.8 Å². The number of carbonyl (C=O) groups is 2. The first-order valence-electron chi connectivity index (χ1n) is 7.94. The molecule has 0 bridgehead atoms. The number of amides is 2. The second kappa shape index (κ2) is 6.22. The van der Waals surface area contributed by atoms with Gasteiger partial charge < -0.3 is 9.88 Å². The Bertz CT molecular complexity index is 918. The summed E-state index contributed by atoms with van der Waals surface area (Å²) in [6.45, 7) is 0.499. The molecule has 4 rings (SSSR count). The van der Waals surface area contributed by atoms with Gasteiger partial charge in [0.15, 0.2) is 0 Å². The van der Waals surface area contributed by atoms with Gasteiger partial charge >= 0.3 is 0 Å². The zero-order valence-electron chi connectivity index (χ0n) is 13.2. The summed E-state index contributed by atoms with van der Waals surface area (Å²) in [5.41, 5.74) is 2.34. The molecule has 0 spiro atoms. The van der Waals surface area contributed by atoms with Gasteiger partial charge in [-0.15, -0.1) is 0 Å². The van der Waals surface area contributed by atoms with Crippen molar-refractivity contribution < 1.29 is 9.59 Å². The molecule has 2 amide bonds. The van der Waals surface area contributed by atoms with Crippen molar-refractivity contribution in [3.63, 3.8) is 0 Å². The van der Waals surface area contributed by atoms with Crippen LogP contribution >= 0.6 is 11.6 Å². The number of hydrogen-bond acceptors (Lipinski definition) is 3. The van der Waals surface area contributed by atoms with Gasteiger partial charge in [0, 0.05) is 17.3 Å². The Labute approximate surface area is 148 Å². The highest BCUT2D eigenvalue weighted by molar-refractivity contribution is 6.30. The zero-order chi connectivity index (χ0) is 17.4. The lowest BCUT2D eigenvalue weighted by Crippen LogP contribution is -2.33. The number of para-hydroxylation sites is 2. The number of aromatic amines is 1. The van der Waals surface area contributed by atoms with E-state index in [1.165, 1.54) is 0 Å². The molecule has 2 aromatic carbocycles. The molecule has 2 heterocycles. The van der Waals surface area contributed by atoms with Crippen LogP contribution in [0.2, 0.25) is 5.02 Å². The average Bonchev–Trinajstić information content (AvgIpc) is 3.18. The maximum Gasteiger partial charge on any atom is 0.239 e. The zero-order valence-corrected chi connectivity index (χ0v) is 14.0. The summed E-state index contributed by atoms with van der Waals surface area (Å²) in [6, 6.07) is 14.5. The Morgan fingerprint density at radius 3 is 2.72 bits per heavy atom. The van der Waals surface area contributed by atoms with E-state index in [1.807, 2.05) is 24.3 Å². The van der Waals surface area contributed by atoms with Crippen molar-refractivity contribution in [1.29, 1.82) is 0 Å². The third kappa shape index (κ3) is 2.96. The third-order valence-electron chi connectivity index (χ3n) is 4.29. The van der Waals surface area contributed by atoms with E-state index in [1.54, 1.807) is 29.2 Å². The lowest BCUT2D eigenvalue weighted by atomic mass is 10.1. The number of nitrogens with zero attached hydrogens (tertiary/aromatic N) is 2. The van der Waals surface area contributed by atoms with Gasteiger partial charge in [-0.3, -0.25) is 14.9 Å². The first-order valence-corrected chi connectivity index (χ1v) is 8.32. The predicted molar refractivity (Wildman–Crippen MR) is 96.6 cm³/mol. The standard InChI is InChI=1S/C18H15ClN4O2/c19-11-5-7-12(8-6-11)23-10-9-13(17(23)25)16(24)22-18-20-14-3-1-2-4-15(14)21-18/h1-8,13H,9-10H2,(H2,20,21,22,24). The summed E-state index contributed by atoms with van der Waals surface area (Å²) in [5.74, 6) is -0.927. The Hall–Kier alpha value is -2.86. The molecule has 1 saturated heterocycles. The molecular weight excluding hydrogens is 340 g/mol. The lowest BCUT2D eigenvalue weighted by molar-refractivity contribution is -0.129. The van der Waals surface area contributed by atoms with Gasteiger partial charge in [-0.25, -0.2) is 4.98 Å². The number of hydrogen-bond donors (Lipinski definition) is 2. The Kier molecular flexibility index (Phi) is 3.89. The number of carbonyl (C=O) groups excluding carboxylic acids is 2. The number of rotatable bonds is 3. The number of benzene rings is 2. The Balaban J connectivity index is 1.49. The summed E-state index contributed by atoms with van der Waals surface area (Å²) in [4.78, 5) is 34.0. The second-order valence-corrected chi connectivity index (χ2v) is 6.34. The average molecular weight is 355 g/mol. The van der Waals surface area contributed by atoms with Crippen molar-refractivity contribution in [3.8, 4) is 0 Å². The molecule has 1 fully saturated rings. The van der Waals surface area contributed by atoms with Crippen LogP contribution in [-0.4, -0.2) is 28.3 Å². The van der Waals surface area contributed by atoms with Gasteiger partial charge in [0.2, 0.25) is 17.8 Å². The minimum atomic E-state index is -0.719. The summed E-state index contributed by atoms with van der Waals surface area (Å²) >= 11 is 5.88. The second-order valence-electron chi connectivity index (χ2n) is 5.90. The number of imidazole rings is 1. The third-order valence-corrected chi connectivity index (χ3v) is 4.54. The quantitative estimate of drug-likeness (QED) is 0.709. The fourth-order valence-electron chi connectivity index (χ4n) is 3.02. The SMILES string of the molecule is O=C(Nc1nc2ccccc2[nH]1)C1CCN(c2ccc(Cl)cc2)C1=O. The monoisotopic (exact) mass is 354 g/mol. The maximum absolute atomic E-state index is 12.6. The van der Waals surface area contributed by atoms with E-state index in [2.05, 4.69) is 15.3 Å². The number of nitrogens with one attached hydrogen (secondary N) is 2. The topological polar surface area (TPSA) is 78.1 Å². The molecule has 6 nitrogen and oxygen atoms in total. The number of anilines is 2. The van der Waals surface area contributed by atoms with Gasteiger partial charge in [-0.05, 0) is 42.8 Å². The molecular formula is C18H15ClN4O2. The molecule has 1 aromatic heterocycles. The van der Waals surface area contributed by atoms with Crippen molar-refractivity contribution in [3.05, 3.63) is 53.6 Å². The highest BCUT2D eigenvalue weighted by atomic mass is 35.5. The van der Waals surface area contributed by atoms with E-state index in [9.17, 15) is 9.59 Å². The maximum atomic E-state index is 12.6. The summed E-state index contributed by atoms with van der Waals surface area (Å²) < 4.78 is 0. The van der Waals surface area contributed by atoms with Crippen LogP contribution in [0, 0.1) is 5.92 Å². The molecule has 2 N–H and O–H groups in total. The summed E-state index contributed by atoms with van der Waals surface area (Å²) in [6.07, 6.45) is 0.466. The highest BCUT2D eigenvalue weighted by Crippen LogP contribution is 2.27. The molecule has 1 aliphatic heterocycles. The Morgan fingerprint density at radius 2 is 1.96 bits per heavy atom. The van der Waals surface area contributed by atoms with Gasteiger partial charge in [0.05, 0.1) is 11.0 Å². The van der Waals surface area contributed by atoms with Crippen LogP contribution in [0.25, 0.3) is 11.0 Å². The van der Waals surface area contributed by atoms with Crippen LogP contribution in [0.4, 0.5) is 11.6 Å². The minimum Gasteiger partial charge on any atom is -0.324 e. The van der Waals surface area contributed by atoms with Crippen LogP contribution in [0.15, 0.2) is 48.5 Å². The van der Waals surface area contributed by atoms with E-state index >= 15 is 0 Å². The van der Waals surface area contributed by atoms with E-state index in [4.69, 9.17) is 11.6 Å². The van der Waals surface area contributed by atoms with Crippen LogP contribution < -0.4 is 10.2 Å². The number of halogens is 1. The molecule has 1 unspecified atom stereocenters. The largest absolute Gasteiger partial charge is 0.324 e. The summed E-state index contributed by atoms with van der Waals surface area (Å²) in [5, 5.41) is 3.32. The van der Waals surface area contributed by atoms with Crippen molar-refractivity contribution >= 4 is 46.1 Å². The predicted octanol–water partition coefficient (Wildman–Crippen LogP) is 3.21. The van der Waals surface area contributed by atoms with Crippen LogP contribution in [-0.2, 0) is 9.59 Å². The normalized spacial score (nSPS) is 17.2. The van der Waals surface area contributed by atoms with Crippen LogP contribution in [0.3, 0.4) is 0 Å². The molecule has 1 atom stereocenters.